The summed E-state index contributed by atoms with van der Waals surface area (Å²) in [6, 6.07) is 5.66. The Kier molecular flexibility index (Phi) is 4.08. The maximum absolute atomic E-state index is 10.4. The average molecular weight is 230 g/mol. The fraction of sp³-hybridized carbons (Fsp3) is 0.300. The molecule has 2 unspecified atom stereocenters. The molecule has 82 valence electrons. The fourth-order valence-corrected chi connectivity index (χ4v) is 1.35. The van der Waals surface area contributed by atoms with Gasteiger partial charge in [0.05, 0.1) is 12.5 Å². The normalized spacial score (nSPS) is 14.6. The molecule has 0 aliphatic rings. The Labute approximate surface area is 92.3 Å². The van der Waals surface area contributed by atoms with Crippen LogP contribution in [0.1, 0.15) is 18.1 Å². The minimum absolute atomic E-state index is 0.274. The number of carboxylic acids is 1. The zero-order valence-electron chi connectivity index (χ0n) is 7.93. The summed E-state index contributed by atoms with van der Waals surface area (Å²) in [6.07, 6.45) is -1.26. The molecule has 15 heavy (non-hydrogen) atoms. The van der Waals surface area contributed by atoms with Crippen LogP contribution in [0.4, 0.5) is 0 Å². The van der Waals surface area contributed by atoms with Gasteiger partial charge in [0.15, 0.2) is 0 Å². The van der Waals surface area contributed by atoms with Crippen LogP contribution in [0.2, 0.25) is 5.02 Å². The average Bonchev–Trinajstić information content (AvgIpc) is 2.17. The van der Waals surface area contributed by atoms with E-state index in [1.807, 2.05) is 0 Å². The highest BCUT2D eigenvalue weighted by molar-refractivity contribution is 6.30. The highest BCUT2D eigenvalue weighted by Gasteiger charge is 2.19. The summed E-state index contributed by atoms with van der Waals surface area (Å²) >= 11 is 5.67. The Hall–Kier alpha value is -1.10. The van der Waals surface area contributed by atoms with Gasteiger partial charge in [-0.05, 0) is 17.7 Å². The molecule has 0 saturated heterocycles. The van der Waals surface area contributed by atoms with Crippen molar-refractivity contribution in [1.29, 1.82) is 0 Å². The van der Waals surface area contributed by atoms with Gasteiger partial charge in [-0.15, -0.1) is 0 Å². The first kappa shape index (κ1) is 12.0. The molecular formula is C10H12ClNO3. The molecule has 0 fully saturated rings. The van der Waals surface area contributed by atoms with Crippen LogP contribution in [0.25, 0.3) is 0 Å². The van der Waals surface area contributed by atoms with Gasteiger partial charge >= 0.3 is 5.97 Å². The smallest absolute Gasteiger partial charge is 0.305 e. The third-order valence-corrected chi connectivity index (χ3v) is 2.28. The molecule has 0 aliphatic heterocycles. The van der Waals surface area contributed by atoms with Crippen LogP contribution in [0.15, 0.2) is 24.3 Å². The Morgan fingerprint density at radius 1 is 1.40 bits per heavy atom. The van der Waals surface area contributed by atoms with Crippen LogP contribution in [-0.4, -0.2) is 22.2 Å². The van der Waals surface area contributed by atoms with Gasteiger partial charge < -0.3 is 15.9 Å². The van der Waals surface area contributed by atoms with Crippen LogP contribution in [0.3, 0.4) is 0 Å². The summed E-state index contributed by atoms with van der Waals surface area (Å²) in [7, 11) is 0. The first-order valence-electron chi connectivity index (χ1n) is 4.41. The topological polar surface area (TPSA) is 83.6 Å². The number of carboxylic acid groups (broad SMARTS) is 1. The van der Waals surface area contributed by atoms with Gasteiger partial charge in [0.2, 0.25) is 0 Å². The molecule has 0 saturated carbocycles. The second-order valence-electron chi connectivity index (χ2n) is 3.26. The van der Waals surface area contributed by atoms with Crippen LogP contribution in [-0.2, 0) is 4.79 Å². The third kappa shape index (κ3) is 3.51. The first-order valence-corrected chi connectivity index (χ1v) is 4.79. The van der Waals surface area contributed by atoms with E-state index in [-0.39, 0.29) is 6.42 Å². The number of halogens is 1. The molecule has 0 aromatic heterocycles. The number of rotatable bonds is 4. The van der Waals surface area contributed by atoms with Crippen molar-refractivity contribution in [3.05, 3.63) is 34.9 Å². The molecule has 4 N–H and O–H groups in total. The van der Waals surface area contributed by atoms with Crippen LogP contribution < -0.4 is 5.73 Å². The predicted octanol–water partition coefficient (Wildman–Crippen LogP) is 1.18. The van der Waals surface area contributed by atoms with Crippen LogP contribution in [0.5, 0.6) is 0 Å². The summed E-state index contributed by atoms with van der Waals surface area (Å²) in [4.78, 5) is 10.4. The number of nitrogens with two attached hydrogens (primary N) is 1. The Morgan fingerprint density at radius 3 is 2.40 bits per heavy atom. The van der Waals surface area contributed by atoms with Crippen LogP contribution >= 0.6 is 11.6 Å². The van der Waals surface area contributed by atoms with Crippen molar-refractivity contribution in [3.8, 4) is 0 Å². The van der Waals surface area contributed by atoms with E-state index in [2.05, 4.69) is 0 Å². The number of aliphatic hydroxyl groups is 1. The lowest BCUT2D eigenvalue weighted by molar-refractivity contribution is -0.138. The molecule has 2 atom stereocenters. The van der Waals surface area contributed by atoms with E-state index in [0.29, 0.717) is 10.6 Å². The number of carbonyl (C=O) groups is 1. The molecule has 5 heteroatoms. The summed E-state index contributed by atoms with van der Waals surface area (Å²) in [5, 5.41) is 18.8. The van der Waals surface area contributed by atoms with E-state index >= 15 is 0 Å². The van der Waals surface area contributed by atoms with Gasteiger partial charge in [-0.3, -0.25) is 4.79 Å². The second-order valence-corrected chi connectivity index (χ2v) is 3.69. The summed E-state index contributed by atoms with van der Waals surface area (Å²) in [6.45, 7) is 0. The molecule has 0 radical (unpaired) electrons. The zero-order chi connectivity index (χ0) is 11.4. The number of benzene rings is 1. The van der Waals surface area contributed by atoms with Gasteiger partial charge in [-0.25, -0.2) is 0 Å². The number of hydrogen-bond donors (Lipinski definition) is 3. The maximum Gasteiger partial charge on any atom is 0.305 e. The Balaban J connectivity index is 2.71. The molecule has 0 aliphatic carbocycles. The molecule has 4 nitrogen and oxygen atoms in total. The zero-order valence-corrected chi connectivity index (χ0v) is 8.69. The van der Waals surface area contributed by atoms with Crippen molar-refractivity contribution in [2.24, 2.45) is 5.73 Å². The van der Waals surface area contributed by atoms with E-state index < -0.39 is 18.1 Å². The maximum atomic E-state index is 10.4. The Bertz CT molecular complexity index is 339. The van der Waals surface area contributed by atoms with Crippen molar-refractivity contribution in [2.75, 3.05) is 0 Å². The van der Waals surface area contributed by atoms with E-state index in [4.69, 9.17) is 22.4 Å². The van der Waals surface area contributed by atoms with Crippen molar-refractivity contribution < 1.29 is 15.0 Å². The van der Waals surface area contributed by atoms with Gasteiger partial charge in [-0.2, -0.15) is 0 Å². The molecule has 1 aromatic carbocycles. The highest BCUT2D eigenvalue weighted by Crippen LogP contribution is 2.19. The predicted molar refractivity (Wildman–Crippen MR) is 56.6 cm³/mol. The summed E-state index contributed by atoms with van der Waals surface area (Å²) in [5.41, 5.74) is 6.09. The SMILES string of the molecule is NC(CC(=O)O)C(O)c1ccc(Cl)cc1. The molecule has 1 aromatic rings. The Morgan fingerprint density at radius 2 is 1.93 bits per heavy atom. The van der Waals surface area contributed by atoms with Gasteiger partial charge in [-0.1, -0.05) is 23.7 Å². The molecule has 0 amide bonds. The minimum Gasteiger partial charge on any atom is -0.481 e. The second kappa shape index (κ2) is 5.11. The minimum atomic E-state index is -1.03. The lowest BCUT2D eigenvalue weighted by atomic mass is 10.0. The number of aliphatic carboxylic acids is 1. The van der Waals surface area contributed by atoms with Crippen molar-refractivity contribution in [3.63, 3.8) is 0 Å². The quantitative estimate of drug-likeness (QED) is 0.724. The third-order valence-electron chi connectivity index (χ3n) is 2.03. The van der Waals surface area contributed by atoms with Crippen molar-refractivity contribution in [1.82, 2.24) is 0 Å². The monoisotopic (exact) mass is 229 g/mol. The van der Waals surface area contributed by atoms with E-state index in [1.54, 1.807) is 24.3 Å². The molecule has 0 heterocycles. The van der Waals surface area contributed by atoms with Gasteiger partial charge in [0.25, 0.3) is 0 Å². The summed E-state index contributed by atoms with van der Waals surface area (Å²) < 4.78 is 0. The largest absolute Gasteiger partial charge is 0.481 e. The summed E-state index contributed by atoms with van der Waals surface area (Å²) in [5.74, 6) is -1.03. The number of aliphatic hydroxyl groups excluding tert-OH is 1. The number of hydrogen-bond acceptors (Lipinski definition) is 3. The van der Waals surface area contributed by atoms with Crippen molar-refractivity contribution in [2.45, 2.75) is 18.6 Å². The first-order chi connectivity index (χ1) is 7.00. The van der Waals surface area contributed by atoms with Gasteiger partial charge in [0.1, 0.15) is 0 Å². The van der Waals surface area contributed by atoms with E-state index in [9.17, 15) is 9.90 Å². The highest BCUT2D eigenvalue weighted by atomic mass is 35.5. The molecule has 0 bridgehead atoms. The van der Waals surface area contributed by atoms with Crippen LogP contribution in [0, 0.1) is 0 Å². The standard InChI is InChI=1S/C10H12ClNO3/c11-7-3-1-6(2-4-7)10(15)8(12)5-9(13)14/h1-4,8,10,15H,5,12H2,(H,13,14). The molecule has 0 spiro atoms. The molecular weight excluding hydrogens is 218 g/mol. The van der Waals surface area contributed by atoms with E-state index in [0.717, 1.165) is 0 Å². The molecule has 1 rings (SSSR count). The van der Waals surface area contributed by atoms with E-state index in [1.165, 1.54) is 0 Å². The fourth-order valence-electron chi connectivity index (χ4n) is 1.22. The lowest BCUT2D eigenvalue weighted by Crippen LogP contribution is -2.30. The van der Waals surface area contributed by atoms with Gasteiger partial charge in [0, 0.05) is 11.1 Å². The van der Waals surface area contributed by atoms with Crippen molar-refractivity contribution >= 4 is 17.6 Å². The lowest BCUT2D eigenvalue weighted by Gasteiger charge is -2.17.